The highest BCUT2D eigenvalue weighted by molar-refractivity contribution is 7.90. The fourth-order valence-electron chi connectivity index (χ4n) is 3.19. The fraction of sp³-hybridized carbons (Fsp3) is 0.278. The molecule has 10 heteroatoms. The van der Waals surface area contributed by atoms with Gasteiger partial charge in [-0.15, -0.1) is 0 Å². The van der Waals surface area contributed by atoms with Gasteiger partial charge in [0.05, 0.1) is 4.90 Å². The first kappa shape index (κ1) is 20.1. The highest BCUT2D eigenvalue weighted by Gasteiger charge is 2.51. The molecule has 0 aromatic heterocycles. The second-order valence-corrected chi connectivity index (χ2v) is 8.49. The molecule has 0 spiro atoms. The third-order valence-electron chi connectivity index (χ3n) is 4.21. The predicted molar refractivity (Wildman–Crippen MR) is 91.2 cm³/mol. The Bertz CT molecular complexity index is 1050. The van der Waals surface area contributed by atoms with E-state index in [2.05, 4.69) is 5.32 Å². The molecule has 150 valence electrons. The molecule has 5 nitrogen and oxygen atoms in total. The van der Waals surface area contributed by atoms with E-state index in [1.807, 2.05) is 0 Å². The number of amides is 1. The van der Waals surface area contributed by atoms with Crippen LogP contribution >= 0.6 is 0 Å². The zero-order chi connectivity index (χ0) is 20.9. The minimum Gasteiger partial charge on any atom is -0.457 e. The van der Waals surface area contributed by atoms with Crippen molar-refractivity contribution in [3.05, 3.63) is 53.1 Å². The Balaban J connectivity index is 2.18. The van der Waals surface area contributed by atoms with E-state index in [0.717, 1.165) is 37.4 Å². The van der Waals surface area contributed by atoms with Crippen molar-refractivity contribution in [3.8, 4) is 11.5 Å². The van der Waals surface area contributed by atoms with Gasteiger partial charge in [0.1, 0.15) is 29.2 Å². The SMILES string of the molecule is CC(=O)NC1c2c(S(C)(=O)=O)ccc(Oc3cc(F)cc(F)c3)c2CC1(F)F. The van der Waals surface area contributed by atoms with Crippen molar-refractivity contribution < 1.29 is 35.5 Å². The standard InChI is InChI=1S/C18H15F4NO4S/c1-9(24)23-17-16-13(8-18(17,21)22)14(3-4-15(16)28(2,25)26)27-12-6-10(19)5-11(20)7-12/h3-7,17H,8H2,1-2H3,(H,23,24). The van der Waals surface area contributed by atoms with E-state index in [1.54, 1.807) is 0 Å². The van der Waals surface area contributed by atoms with Gasteiger partial charge < -0.3 is 10.1 Å². The molecule has 0 saturated heterocycles. The van der Waals surface area contributed by atoms with Crippen LogP contribution in [0.5, 0.6) is 11.5 Å². The molecule has 0 saturated carbocycles. The minimum atomic E-state index is -3.91. The van der Waals surface area contributed by atoms with Gasteiger partial charge in [0, 0.05) is 48.9 Å². The van der Waals surface area contributed by atoms with Gasteiger partial charge in [-0.1, -0.05) is 0 Å². The van der Waals surface area contributed by atoms with E-state index in [-0.39, 0.29) is 27.5 Å². The van der Waals surface area contributed by atoms with Crippen LogP contribution in [0.25, 0.3) is 0 Å². The maximum absolute atomic E-state index is 14.6. The number of nitrogens with one attached hydrogen (secondary N) is 1. The van der Waals surface area contributed by atoms with E-state index in [0.29, 0.717) is 6.07 Å². The van der Waals surface area contributed by atoms with Crippen molar-refractivity contribution in [2.24, 2.45) is 0 Å². The van der Waals surface area contributed by atoms with Crippen molar-refractivity contribution in [1.29, 1.82) is 0 Å². The van der Waals surface area contributed by atoms with Gasteiger partial charge in [-0.05, 0) is 12.1 Å². The van der Waals surface area contributed by atoms with Gasteiger partial charge in [-0.25, -0.2) is 26.0 Å². The first-order valence-electron chi connectivity index (χ1n) is 8.03. The maximum atomic E-state index is 14.6. The summed E-state index contributed by atoms with van der Waals surface area (Å²) in [5.74, 6) is -6.57. The number of hydrogen-bond donors (Lipinski definition) is 1. The lowest BCUT2D eigenvalue weighted by Crippen LogP contribution is -2.37. The van der Waals surface area contributed by atoms with Gasteiger partial charge in [0.2, 0.25) is 5.91 Å². The van der Waals surface area contributed by atoms with Gasteiger partial charge >= 0.3 is 0 Å². The molecule has 0 fully saturated rings. The van der Waals surface area contributed by atoms with Crippen molar-refractivity contribution in [3.63, 3.8) is 0 Å². The predicted octanol–water partition coefficient (Wildman–Crippen LogP) is 3.53. The zero-order valence-electron chi connectivity index (χ0n) is 14.7. The van der Waals surface area contributed by atoms with Crippen LogP contribution in [0, 0.1) is 11.6 Å². The molecule has 0 bridgehead atoms. The molecule has 1 atom stereocenters. The molecular weight excluding hydrogens is 402 g/mol. The molecule has 2 aromatic carbocycles. The van der Waals surface area contributed by atoms with Crippen LogP contribution in [0.3, 0.4) is 0 Å². The summed E-state index contributed by atoms with van der Waals surface area (Å²) < 4.78 is 85.5. The number of fused-ring (bicyclic) bond motifs is 1. The van der Waals surface area contributed by atoms with Crippen LogP contribution in [0.4, 0.5) is 17.6 Å². The lowest BCUT2D eigenvalue weighted by Gasteiger charge is -2.22. The Morgan fingerprint density at radius 3 is 2.32 bits per heavy atom. The number of carbonyl (C=O) groups excluding carboxylic acids is 1. The second-order valence-electron chi connectivity index (χ2n) is 6.50. The molecule has 0 heterocycles. The number of ether oxygens (including phenoxy) is 1. The van der Waals surface area contributed by atoms with Crippen LogP contribution in [-0.4, -0.2) is 26.5 Å². The summed E-state index contributed by atoms with van der Waals surface area (Å²) in [5.41, 5.74) is -0.451. The smallest absolute Gasteiger partial charge is 0.276 e. The highest BCUT2D eigenvalue weighted by atomic mass is 32.2. The van der Waals surface area contributed by atoms with Crippen LogP contribution in [0.1, 0.15) is 24.1 Å². The molecule has 0 aliphatic heterocycles. The molecule has 28 heavy (non-hydrogen) atoms. The third-order valence-corrected chi connectivity index (χ3v) is 5.36. The number of sulfone groups is 1. The Morgan fingerprint density at radius 2 is 1.79 bits per heavy atom. The second kappa shape index (κ2) is 6.77. The normalized spacial score (nSPS) is 17.9. The lowest BCUT2D eigenvalue weighted by molar-refractivity contribution is -0.123. The molecule has 1 aliphatic rings. The topological polar surface area (TPSA) is 72.5 Å². The van der Waals surface area contributed by atoms with Gasteiger partial charge in [-0.3, -0.25) is 4.79 Å². The summed E-state index contributed by atoms with van der Waals surface area (Å²) in [6.45, 7) is 1.03. The summed E-state index contributed by atoms with van der Waals surface area (Å²) in [5, 5.41) is 2.08. The number of carbonyl (C=O) groups is 1. The van der Waals surface area contributed by atoms with Crippen molar-refractivity contribution in [2.45, 2.75) is 30.2 Å². The van der Waals surface area contributed by atoms with Crippen LogP contribution in [0.2, 0.25) is 0 Å². The molecular formula is C18H15F4NO4S. The Labute approximate surface area is 158 Å². The molecule has 1 amide bonds. The van der Waals surface area contributed by atoms with Crippen LogP contribution < -0.4 is 10.1 Å². The first-order valence-corrected chi connectivity index (χ1v) is 9.92. The molecule has 1 unspecified atom stereocenters. The Hall–Kier alpha value is -2.62. The molecule has 1 aliphatic carbocycles. The van der Waals surface area contributed by atoms with Gasteiger partial charge in [0.25, 0.3) is 5.92 Å². The average molecular weight is 417 g/mol. The average Bonchev–Trinajstić information content (AvgIpc) is 2.77. The van der Waals surface area contributed by atoms with Crippen molar-refractivity contribution >= 4 is 15.7 Å². The summed E-state index contributed by atoms with van der Waals surface area (Å²) in [6, 6.07) is 2.67. The van der Waals surface area contributed by atoms with E-state index in [1.165, 1.54) is 0 Å². The first-order chi connectivity index (χ1) is 12.9. The maximum Gasteiger partial charge on any atom is 0.276 e. The minimum absolute atomic E-state index is 0.156. The highest BCUT2D eigenvalue weighted by Crippen LogP contribution is 2.49. The number of rotatable bonds is 4. The van der Waals surface area contributed by atoms with E-state index in [4.69, 9.17) is 4.74 Å². The molecule has 3 rings (SSSR count). The van der Waals surface area contributed by atoms with Crippen molar-refractivity contribution in [1.82, 2.24) is 5.32 Å². The number of halogens is 4. The summed E-state index contributed by atoms with van der Waals surface area (Å²) >= 11 is 0. The molecule has 0 radical (unpaired) electrons. The number of benzene rings is 2. The number of alkyl halides is 2. The van der Waals surface area contributed by atoms with Crippen LogP contribution in [-0.2, 0) is 21.1 Å². The van der Waals surface area contributed by atoms with Crippen molar-refractivity contribution in [2.75, 3.05) is 6.26 Å². The largest absolute Gasteiger partial charge is 0.457 e. The van der Waals surface area contributed by atoms with Gasteiger partial charge in [0.15, 0.2) is 9.84 Å². The van der Waals surface area contributed by atoms with E-state index >= 15 is 0 Å². The Morgan fingerprint density at radius 1 is 1.18 bits per heavy atom. The van der Waals surface area contributed by atoms with Gasteiger partial charge in [-0.2, -0.15) is 0 Å². The Kier molecular flexibility index (Phi) is 4.86. The lowest BCUT2D eigenvalue weighted by atomic mass is 10.1. The molecule has 1 N–H and O–H groups in total. The zero-order valence-corrected chi connectivity index (χ0v) is 15.5. The van der Waals surface area contributed by atoms with E-state index < -0.39 is 45.8 Å². The summed E-state index contributed by atoms with van der Waals surface area (Å²) in [6.07, 6.45) is -0.0594. The monoisotopic (exact) mass is 417 g/mol. The quantitative estimate of drug-likeness (QED) is 0.773. The summed E-state index contributed by atoms with van der Waals surface area (Å²) in [7, 11) is -3.91. The molecule has 2 aromatic rings. The van der Waals surface area contributed by atoms with Crippen LogP contribution in [0.15, 0.2) is 35.2 Å². The summed E-state index contributed by atoms with van der Waals surface area (Å²) in [4.78, 5) is 11.0. The fourth-order valence-corrected chi connectivity index (χ4v) is 4.14. The number of hydrogen-bond acceptors (Lipinski definition) is 4. The third kappa shape index (κ3) is 3.82. The van der Waals surface area contributed by atoms with E-state index in [9.17, 15) is 30.8 Å².